The molecule has 0 fully saturated rings. The summed E-state index contributed by atoms with van der Waals surface area (Å²) in [4.78, 5) is 10.6. The zero-order valence-corrected chi connectivity index (χ0v) is 36.3. The maximum absolute atomic E-state index is 5.33. The van der Waals surface area contributed by atoms with Crippen molar-refractivity contribution in [3.05, 3.63) is 242 Å². The van der Waals surface area contributed by atoms with Crippen LogP contribution < -0.4 is 0 Å². The molecule has 0 saturated carbocycles. The Balaban J connectivity index is 0.893. The van der Waals surface area contributed by atoms with Crippen LogP contribution in [0.3, 0.4) is 0 Å². The van der Waals surface area contributed by atoms with E-state index < -0.39 is 0 Å². The van der Waals surface area contributed by atoms with Gasteiger partial charge in [0, 0.05) is 27.5 Å². The van der Waals surface area contributed by atoms with Crippen molar-refractivity contribution < 1.29 is 0 Å². The molecule has 306 valence electrons. The molecule has 0 atom stereocenters. The third-order valence-corrected chi connectivity index (χ3v) is 13.5. The van der Waals surface area contributed by atoms with Gasteiger partial charge in [-0.05, 0) is 108 Å². The van der Waals surface area contributed by atoms with Gasteiger partial charge in [-0.2, -0.15) is 0 Å². The molecule has 0 N–H and O–H groups in total. The zero-order chi connectivity index (χ0) is 43.5. The number of benzene rings is 9. The minimum absolute atomic E-state index is 0.172. The molecule has 0 unspecified atom stereocenters. The Hall–Kier alpha value is -8.20. The Morgan fingerprint density at radius 1 is 0.323 bits per heavy atom. The fourth-order valence-electron chi connectivity index (χ4n) is 10.0. The minimum atomic E-state index is -0.172. The summed E-state index contributed by atoms with van der Waals surface area (Å²) >= 11 is 0. The predicted octanol–water partition coefficient (Wildman–Crippen LogP) is 16.8. The molecule has 1 aliphatic carbocycles. The first-order chi connectivity index (χ1) is 31.9. The molecule has 12 rings (SSSR count). The first-order valence-electron chi connectivity index (χ1n) is 22.5. The van der Waals surface area contributed by atoms with Gasteiger partial charge in [-0.25, -0.2) is 9.97 Å². The third-order valence-electron chi connectivity index (χ3n) is 13.5. The fraction of sp³-hybridized carbons (Fsp3) is 0.0476. The standard InChI is InChI=1S/C63H44N2/c1-63(2)56-19-11-9-17-54(56)62-61(63)60(55-18-10-12-20-57(55)65-62)48-31-27-45(28-32-48)49-33-34-51-38-52(36-35-50(51)37-49)59-40-53(46-23-21-43(22-24-46)41-13-5-3-6-14-41)39-58(64-59)47-29-25-44(26-30-47)42-15-7-4-8-16-42/h3-40H,1-2H3. The molecule has 11 aromatic rings. The van der Waals surface area contributed by atoms with Crippen LogP contribution in [-0.2, 0) is 5.41 Å². The van der Waals surface area contributed by atoms with Crippen molar-refractivity contribution in [3.8, 4) is 89.4 Å². The van der Waals surface area contributed by atoms with E-state index >= 15 is 0 Å². The van der Waals surface area contributed by atoms with E-state index in [0.717, 1.165) is 44.9 Å². The summed E-state index contributed by atoms with van der Waals surface area (Å²) in [7, 11) is 0. The van der Waals surface area contributed by atoms with Crippen LogP contribution in [-0.4, -0.2) is 9.97 Å². The molecule has 2 nitrogen and oxygen atoms in total. The van der Waals surface area contributed by atoms with E-state index in [2.05, 4.69) is 244 Å². The zero-order valence-electron chi connectivity index (χ0n) is 36.3. The molecule has 2 heteroatoms. The van der Waals surface area contributed by atoms with Crippen LogP contribution in [0.25, 0.3) is 111 Å². The number of rotatable bonds is 7. The van der Waals surface area contributed by atoms with Crippen LogP contribution in [0.4, 0.5) is 0 Å². The number of para-hydroxylation sites is 1. The number of pyridine rings is 2. The average Bonchev–Trinajstić information content (AvgIpc) is 3.60. The van der Waals surface area contributed by atoms with Gasteiger partial charge in [0.2, 0.25) is 0 Å². The average molecular weight is 829 g/mol. The summed E-state index contributed by atoms with van der Waals surface area (Å²) in [5.41, 5.74) is 21.8. The second-order valence-corrected chi connectivity index (χ2v) is 17.8. The summed E-state index contributed by atoms with van der Waals surface area (Å²) in [6.45, 7) is 4.68. The quantitative estimate of drug-likeness (QED) is 0.160. The van der Waals surface area contributed by atoms with E-state index in [1.165, 1.54) is 77.4 Å². The Morgan fingerprint density at radius 2 is 0.769 bits per heavy atom. The molecule has 65 heavy (non-hydrogen) atoms. The van der Waals surface area contributed by atoms with Gasteiger partial charge in [0.05, 0.1) is 22.6 Å². The topological polar surface area (TPSA) is 25.8 Å². The lowest BCUT2D eigenvalue weighted by molar-refractivity contribution is 0.662. The van der Waals surface area contributed by atoms with Crippen molar-refractivity contribution in [1.82, 2.24) is 9.97 Å². The first-order valence-corrected chi connectivity index (χ1v) is 22.5. The molecule has 0 amide bonds. The van der Waals surface area contributed by atoms with Crippen molar-refractivity contribution in [1.29, 1.82) is 0 Å². The molecular weight excluding hydrogens is 785 g/mol. The normalized spacial score (nSPS) is 12.6. The summed E-state index contributed by atoms with van der Waals surface area (Å²) < 4.78 is 0. The summed E-state index contributed by atoms with van der Waals surface area (Å²) in [5, 5.41) is 3.56. The van der Waals surface area contributed by atoms with Crippen LogP contribution in [0.2, 0.25) is 0 Å². The molecule has 0 aliphatic heterocycles. The Bertz CT molecular complexity index is 3470. The summed E-state index contributed by atoms with van der Waals surface area (Å²) in [6, 6.07) is 83.2. The Kier molecular flexibility index (Phi) is 9.21. The van der Waals surface area contributed by atoms with Crippen molar-refractivity contribution in [2.45, 2.75) is 19.3 Å². The molecule has 0 saturated heterocycles. The summed E-state index contributed by atoms with van der Waals surface area (Å²) in [6.07, 6.45) is 0. The monoisotopic (exact) mass is 828 g/mol. The van der Waals surface area contributed by atoms with Gasteiger partial charge in [0.15, 0.2) is 0 Å². The maximum atomic E-state index is 5.33. The maximum Gasteiger partial charge on any atom is 0.0759 e. The van der Waals surface area contributed by atoms with Gasteiger partial charge in [-0.15, -0.1) is 0 Å². The van der Waals surface area contributed by atoms with Gasteiger partial charge >= 0.3 is 0 Å². The van der Waals surface area contributed by atoms with E-state index in [-0.39, 0.29) is 5.41 Å². The molecular formula is C63H44N2. The molecule has 2 heterocycles. The highest BCUT2D eigenvalue weighted by atomic mass is 14.7. The second-order valence-electron chi connectivity index (χ2n) is 17.8. The fourth-order valence-corrected chi connectivity index (χ4v) is 10.0. The van der Waals surface area contributed by atoms with E-state index in [1.54, 1.807) is 0 Å². The van der Waals surface area contributed by atoms with Crippen molar-refractivity contribution in [3.63, 3.8) is 0 Å². The predicted molar refractivity (Wildman–Crippen MR) is 273 cm³/mol. The SMILES string of the molecule is CC1(C)c2ccccc2-c2nc3ccccc3c(-c3ccc(-c4ccc5cc(-c6cc(-c7ccc(-c8ccccc8)cc7)cc(-c7ccc(-c8ccccc8)cc7)n6)ccc5c4)cc3)c21. The lowest BCUT2D eigenvalue weighted by Crippen LogP contribution is -2.16. The number of aromatic nitrogens is 2. The first kappa shape index (κ1) is 38.5. The molecule has 1 aliphatic rings. The van der Waals surface area contributed by atoms with Gasteiger partial charge in [0.25, 0.3) is 0 Å². The lowest BCUT2D eigenvalue weighted by Gasteiger charge is -2.25. The molecule has 0 bridgehead atoms. The van der Waals surface area contributed by atoms with E-state index in [0.29, 0.717) is 0 Å². The van der Waals surface area contributed by atoms with Gasteiger partial charge in [0.1, 0.15) is 0 Å². The van der Waals surface area contributed by atoms with Crippen LogP contribution in [0.5, 0.6) is 0 Å². The van der Waals surface area contributed by atoms with E-state index in [4.69, 9.17) is 9.97 Å². The van der Waals surface area contributed by atoms with Gasteiger partial charge < -0.3 is 0 Å². The van der Waals surface area contributed by atoms with E-state index in [1.807, 2.05) is 0 Å². The van der Waals surface area contributed by atoms with Gasteiger partial charge in [-0.1, -0.05) is 214 Å². The number of hydrogen-bond acceptors (Lipinski definition) is 2. The van der Waals surface area contributed by atoms with Crippen LogP contribution >= 0.6 is 0 Å². The lowest BCUT2D eigenvalue weighted by atomic mass is 9.78. The second kappa shape index (κ2) is 15.6. The Labute approximate surface area is 380 Å². The number of fused-ring (bicyclic) bond motifs is 5. The smallest absolute Gasteiger partial charge is 0.0759 e. The highest BCUT2D eigenvalue weighted by molar-refractivity contribution is 6.02. The minimum Gasteiger partial charge on any atom is -0.248 e. The third kappa shape index (κ3) is 6.83. The highest BCUT2D eigenvalue weighted by Crippen LogP contribution is 2.53. The number of nitrogens with zero attached hydrogens (tertiary/aromatic N) is 2. The molecule has 9 aromatic carbocycles. The molecule has 0 spiro atoms. The van der Waals surface area contributed by atoms with Crippen LogP contribution in [0.15, 0.2) is 231 Å². The largest absolute Gasteiger partial charge is 0.248 e. The molecule has 2 aromatic heterocycles. The van der Waals surface area contributed by atoms with Crippen molar-refractivity contribution in [2.75, 3.05) is 0 Å². The molecule has 0 radical (unpaired) electrons. The summed E-state index contributed by atoms with van der Waals surface area (Å²) in [5.74, 6) is 0. The Morgan fingerprint density at radius 3 is 1.42 bits per heavy atom. The van der Waals surface area contributed by atoms with Crippen LogP contribution in [0.1, 0.15) is 25.0 Å². The number of hydrogen-bond donors (Lipinski definition) is 0. The van der Waals surface area contributed by atoms with E-state index in [9.17, 15) is 0 Å². The highest BCUT2D eigenvalue weighted by Gasteiger charge is 2.39. The van der Waals surface area contributed by atoms with Gasteiger partial charge in [-0.3, -0.25) is 0 Å². The van der Waals surface area contributed by atoms with Crippen LogP contribution in [0, 0.1) is 0 Å². The van der Waals surface area contributed by atoms with Crippen molar-refractivity contribution in [2.24, 2.45) is 0 Å². The van der Waals surface area contributed by atoms with Crippen molar-refractivity contribution >= 4 is 21.7 Å².